The summed E-state index contributed by atoms with van der Waals surface area (Å²) in [5.41, 5.74) is 2.20. The number of pyridine rings is 1. The number of nitrogens with one attached hydrogen (secondary N) is 1. The van der Waals surface area contributed by atoms with Gasteiger partial charge in [0.25, 0.3) is 0 Å². The number of aromatic nitrogens is 5. The third-order valence-electron chi connectivity index (χ3n) is 3.69. The molecule has 0 radical (unpaired) electrons. The molecule has 0 aliphatic heterocycles. The number of aromatic amines is 1. The molecule has 0 aliphatic carbocycles. The molecule has 0 aliphatic rings. The summed E-state index contributed by atoms with van der Waals surface area (Å²) >= 11 is 0. The van der Waals surface area contributed by atoms with Gasteiger partial charge in [0.1, 0.15) is 11.3 Å². The lowest BCUT2D eigenvalue weighted by molar-refractivity contribution is 0.413. The molecule has 0 atom stereocenters. The summed E-state index contributed by atoms with van der Waals surface area (Å²) in [6, 6.07) is 10.9. The molecule has 7 nitrogen and oxygen atoms in total. The van der Waals surface area contributed by atoms with E-state index in [1.807, 2.05) is 30.3 Å². The number of methoxy groups -OCH3 is 1. The highest BCUT2D eigenvalue weighted by molar-refractivity contribution is 5.75. The van der Waals surface area contributed by atoms with Crippen molar-refractivity contribution in [3.05, 3.63) is 65.5 Å². The van der Waals surface area contributed by atoms with E-state index in [1.165, 1.54) is 4.57 Å². The van der Waals surface area contributed by atoms with Crippen molar-refractivity contribution in [3.8, 4) is 22.8 Å². The molecule has 3 heterocycles. The molecule has 4 rings (SSSR count). The van der Waals surface area contributed by atoms with E-state index in [0.29, 0.717) is 28.4 Å². The average molecular weight is 319 g/mol. The fourth-order valence-corrected chi connectivity index (χ4v) is 2.58. The molecule has 0 fully saturated rings. The molecule has 118 valence electrons. The number of hydrogen-bond acceptors (Lipinski definition) is 5. The van der Waals surface area contributed by atoms with Gasteiger partial charge in [-0.25, -0.2) is 19.3 Å². The van der Waals surface area contributed by atoms with Gasteiger partial charge in [-0.05, 0) is 24.3 Å². The number of imidazole rings is 1. The number of rotatable bonds is 3. The lowest BCUT2D eigenvalue weighted by Crippen LogP contribution is -2.15. The fraction of sp³-hybridized carbons (Fsp3) is 0.0588. The Morgan fingerprint density at radius 2 is 1.92 bits per heavy atom. The number of hydrogen-bond donors (Lipinski definition) is 1. The average Bonchev–Trinajstić information content (AvgIpc) is 2.97. The summed E-state index contributed by atoms with van der Waals surface area (Å²) in [6.45, 7) is 0. The van der Waals surface area contributed by atoms with Crippen LogP contribution in [0.25, 0.3) is 28.2 Å². The molecule has 1 aromatic carbocycles. The van der Waals surface area contributed by atoms with E-state index >= 15 is 0 Å². The number of H-pyrrole nitrogens is 1. The monoisotopic (exact) mass is 319 g/mol. The predicted octanol–water partition coefficient (Wildman–Crippen LogP) is 2.18. The first-order valence-electron chi connectivity index (χ1n) is 7.29. The predicted molar refractivity (Wildman–Crippen MR) is 89.3 cm³/mol. The zero-order valence-electron chi connectivity index (χ0n) is 12.8. The van der Waals surface area contributed by atoms with Crippen LogP contribution in [-0.4, -0.2) is 31.6 Å². The van der Waals surface area contributed by atoms with E-state index in [0.717, 1.165) is 5.56 Å². The van der Waals surface area contributed by atoms with E-state index < -0.39 is 0 Å². The highest BCUT2D eigenvalue weighted by atomic mass is 16.5. The first kappa shape index (κ1) is 14.1. The van der Waals surface area contributed by atoms with Gasteiger partial charge in [0.15, 0.2) is 11.5 Å². The maximum absolute atomic E-state index is 12.4. The number of ether oxygens (including phenoxy) is 1. The second-order valence-corrected chi connectivity index (χ2v) is 5.10. The Hall–Kier alpha value is -3.48. The summed E-state index contributed by atoms with van der Waals surface area (Å²) in [7, 11) is 1.57. The SMILES string of the molecule is COc1ccccc1-n1c(=O)[nH]c2cnc(-c3ccncc3)nc21. The zero-order valence-corrected chi connectivity index (χ0v) is 12.8. The quantitative estimate of drug-likeness (QED) is 0.625. The molecule has 3 aromatic heterocycles. The van der Waals surface area contributed by atoms with E-state index in [9.17, 15) is 4.79 Å². The third kappa shape index (κ3) is 2.23. The Balaban J connectivity index is 1.99. The minimum atomic E-state index is -0.296. The van der Waals surface area contributed by atoms with Crippen LogP contribution in [0.4, 0.5) is 0 Å². The Bertz CT molecular complexity index is 1070. The molecule has 7 heteroatoms. The largest absolute Gasteiger partial charge is 0.495 e. The molecular formula is C17H13N5O2. The third-order valence-corrected chi connectivity index (χ3v) is 3.69. The maximum atomic E-state index is 12.4. The van der Waals surface area contributed by atoms with Crippen molar-refractivity contribution in [3.63, 3.8) is 0 Å². The normalized spacial score (nSPS) is 10.9. The van der Waals surface area contributed by atoms with Crippen LogP contribution < -0.4 is 10.4 Å². The lowest BCUT2D eigenvalue weighted by atomic mass is 10.2. The van der Waals surface area contributed by atoms with Crippen LogP contribution in [0.1, 0.15) is 0 Å². The minimum Gasteiger partial charge on any atom is -0.495 e. The molecule has 0 saturated carbocycles. The number of benzene rings is 1. The second-order valence-electron chi connectivity index (χ2n) is 5.10. The molecule has 1 N–H and O–H groups in total. The molecule has 0 bridgehead atoms. The van der Waals surface area contributed by atoms with Gasteiger partial charge in [-0.15, -0.1) is 0 Å². The summed E-state index contributed by atoms with van der Waals surface area (Å²) in [6.07, 6.45) is 4.95. The Kier molecular flexibility index (Phi) is 3.31. The highest BCUT2D eigenvalue weighted by Gasteiger charge is 2.15. The van der Waals surface area contributed by atoms with Crippen molar-refractivity contribution >= 4 is 11.2 Å². The molecule has 24 heavy (non-hydrogen) atoms. The first-order chi connectivity index (χ1) is 11.8. The van der Waals surface area contributed by atoms with Crippen molar-refractivity contribution < 1.29 is 4.74 Å². The van der Waals surface area contributed by atoms with Crippen LogP contribution in [0, 0.1) is 0 Å². The van der Waals surface area contributed by atoms with E-state index in [1.54, 1.807) is 31.8 Å². The van der Waals surface area contributed by atoms with E-state index in [4.69, 9.17) is 4.74 Å². The second kappa shape index (κ2) is 5.62. The van der Waals surface area contributed by atoms with Crippen molar-refractivity contribution in [2.24, 2.45) is 0 Å². The van der Waals surface area contributed by atoms with Gasteiger partial charge in [0.05, 0.1) is 19.0 Å². The van der Waals surface area contributed by atoms with Gasteiger partial charge in [-0.1, -0.05) is 12.1 Å². The Labute approximate surface area is 136 Å². The van der Waals surface area contributed by atoms with Gasteiger partial charge in [0, 0.05) is 18.0 Å². The van der Waals surface area contributed by atoms with E-state index in [2.05, 4.69) is 19.9 Å². The van der Waals surface area contributed by atoms with Crippen molar-refractivity contribution in [2.45, 2.75) is 0 Å². The van der Waals surface area contributed by atoms with Crippen molar-refractivity contribution in [1.82, 2.24) is 24.5 Å². The summed E-state index contributed by atoms with van der Waals surface area (Å²) in [4.78, 5) is 28.1. The highest BCUT2D eigenvalue weighted by Crippen LogP contribution is 2.24. The number of nitrogens with zero attached hydrogens (tertiary/aromatic N) is 4. The molecule has 4 aromatic rings. The molecule has 0 amide bonds. The van der Waals surface area contributed by atoms with Gasteiger partial charge in [0.2, 0.25) is 0 Å². The lowest BCUT2D eigenvalue weighted by Gasteiger charge is -2.08. The van der Waals surface area contributed by atoms with Gasteiger partial charge >= 0.3 is 5.69 Å². The van der Waals surface area contributed by atoms with Crippen LogP contribution >= 0.6 is 0 Å². The summed E-state index contributed by atoms with van der Waals surface area (Å²) < 4.78 is 6.85. The first-order valence-corrected chi connectivity index (χ1v) is 7.29. The van der Waals surface area contributed by atoms with Gasteiger partial charge in [-0.3, -0.25) is 4.98 Å². The minimum absolute atomic E-state index is 0.296. The van der Waals surface area contributed by atoms with E-state index in [-0.39, 0.29) is 5.69 Å². The fourth-order valence-electron chi connectivity index (χ4n) is 2.58. The van der Waals surface area contributed by atoms with Crippen LogP contribution in [0.2, 0.25) is 0 Å². The topological polar surface area (TPSA) is 85.7 Å². The Morgan fingerprint density at radius 3 is 2.71 bits per heavy atom. The number of para-hydroxylation sites is 2. The molecular weight excluding hydrogens is 306 g/mol. The molecule has 0 saturated heterocycles. The Morgan fingerprint density at radius 1 is 1.12 bits per heavy atom. The number of fused-ring (bicyclic) bond motifs is 1. The smallest absolute Gasteiger partial charge is 0.332 e. The van der Waals surface area contributed by atoms with Crippen LogP contribution in [0.5, 0.6) is 5.75 Å². The molecule has 0 unspecified atom stereocenters. The van der Waals surface area contributed by atoms with Gasteiger partial charge in [-0.2, -0.15) is 0 Å². The standard InChI is InChI=1S/C17H13N5O2/c1-24-14-5-3-2-4-13(14)22-16-12(20-17(22)23)10-19-15(21-16)11-6-8-18-9-7-11/h2-10H,1H3,(H,20,23). The summed E-state index contributed by atoms with van der Waals surface area (Å²) in [5, 5.41) is 0. The van der Waals surface area contributed by atoms with Crippen LogP contribution in [0.15, 0.2) is 59.8 Å². The van der Waals surface area contributed by atoms with Crippen molar-refractivity contribution in [2.75, 3.05) is 7.11 Å². The van der Waals surface area contributed by atoms with Crippen LogP contribution in [0.3, 0.4) is 0 Å². The van der Waals surface area contributed by atoms with Crippen molar-refractivity contribution in [1.29, 1.82) is 0 Å². The van der Waals surface area contributed by atoms with Gasteiger partial charge < -0.3 is 9.72 Å². The molecule has 0 spiro atoms. The van der Waals surface area contributed by atoms with Crippen LogP contribution in [-0.2, 0) is 0 Å². The summed E-state index contributed by atoms with van der Waals surface area (Å²) in [5.74, 6) is 1.11. The maximum Gasteiger partial charge on any atom is 0.332 e. The zero-order chi connectivity index (χ0) is 16.5.